The molecule has 0 bridgehead atoms. The van der Waals surface area contributed by atoms with E-state index in [9.17, 15) is 9.90 Å². The van der Waals surface area contributed by atoms with Crippen LogP contribution in [0.25, 0.3) is 0 Å². The number of nitrogens with one attached hydrogen (secondary N) is 1. The largest absolute Gasteiger partial charge is 0.393 e. The number of hydrogen-bond acceptors (Lipinski definition) is 5. The topological polar surface area (TPSA) is 62.2 Å². The summed E-state index contributed by atoms with van der Waals surface area (Å²) in [7, 11) is 0. The van der Waals surface area contributed by atoms with E-state index in [1.165, 1.54) is 0 Å². The number of aliphatic hydroxyl groups excluding tert-OH is 1. The summed E-state index contributed by atoms with van der Waals surface area (Å²) in [6, 6.07) is 0. The van der Waals surface area contributed by atoms with E-state index in [4.69, 9.17) is 0 Å². The molecule has 0 aliphatic heterocycles. The number of hydrogen-bond donors (Lipinski definition) is 2. The molecule has 1 saturated carbocycles. The summed E-state index contributed by atoms with van der Waals surface area (Å²) in [5.74, 6) is 1.93. The third-order valence-electron chi connectivity index (χ3n) is 3.55. The van der Waals surface area contributed by atoms with E-state index in [0.29, 0.717) is 11.7 Å². The number of carbonyl (C=O) groups is 1. The van der Waals surface area contributed by atoms with Crippen LogP contribution in [-0.4, -0.2) is 34.4 Å². The van der Waals surface area contributed by atoms with Crippen LogP contribution in [0.1, 0.15) is 36.4 Å². The van der Waals surface area contributed by atoms with Crippen molar-refractivity contribution in [3.05, 3.63) is 16.1 Å². The van der Waals surface area contributed by atoms with Crippen LogP contribution in [0.15, 0.2) is 5.38 Å². The molecular weight excluding hydrogens is 292 g/mol. The number of thioether (sulfide) groups is 1. The Morgan fingerprint density at radius 2 is 2.25 bits per heavy atom. The molecule has 1 amide bonds. The summed E-state index contributed by atoms with van der Waals surface area (Å²) in [5, 5.41) is 15.6. The molecular formula is C14H22N2O2S2. The first-order valence-corrected chi connectivity index (χ1v) is 9.10. The summed E-state index contributed by atoms with van der Waals surface area (Å²) in [4.78, 5) is 16.1. The zero-order valence-electron chi connectivity index (χ0n) is 11.8. The smallest absolute Gasteiger partial charge is 0.230 e. The first kappa shape index (κ1) is 15.8. The van der Waals surface area contributed by atoms with Gasteiger partial charge < -0.3 is 10.4 Å². The van der Waals surface area contributed by atoms with Crippen molar-refractivity contribution < 1.29 is 9.90 Å². The molecule has 1 fully saturated rings. The monoisotopic (exact) mass is 314 g/mol. The van der Waals surface area contributed by atoms with Gasteiger partial charge in [0.05, 0.1) is 22.6 Å². The predicted molar refractivity (Wildman–Crippen MR) is 84.0 cm³/mol. The second-order valence-corrected chi connectivity index (χ2v) is 7.38. The lowest BCUT2D eigenvalue weighted by molar-refractivity contribution is -0.118. The fourth-order valence-electron chi connectivity index (χ4n) is 2.38. The van der Waals surface area contributed by atoms with Gasteiger partial charge in [0, 0.05) is 17.7 Å². The van der Waals surface area contributed by atoms with Gasteiger partial charge in [0.25, 0.3) is 0 Å². The Morgan fingerprint density at radius 3 is 2.90 bits per heavy atom. The van der Waals surface area contributed by atoms with E-state index >= 15 is 0 Å². The maximum atomic E-state index is 11.7. The van der Waals surface area contributed by atoms with E-state index in [1.54, 1.807) is 23.1 Å². The zero-order chi connectivity index (χ0) is 14.4. The van der Waals surface area contributed by atoms with Gasteiger partial charge in [-0.1, -0.05) is 0 Å². The summed E-state index contributed by atoms with van der Waals surface area (Å²) in [5.41, 5.74) is 1.06. The molecule has 2 rings (SSSR count). The van der Waals surface area contributed by atoms with E-state index in [1.807, 2.05) is 12.3 Å². The summed E-state index contributed by atoms with van der Waals surface area (Å²) < 4.78 is 0. The fourth-order valence-corrected chi connectivity index (χ4v) is 3.85. The van der Waals surface area contributed by atoms with Crippen molar-refractivity contribution in [2.75, 3.05) is 12.3 Å². The van der Waals surface area contributed by atoms with Crippen molar-refractivity contribution in [1.29, 1.82) is 0 Å². The SMILES string of the molecule is Cc1nc(CSCC(=O)NCC2CCC(O)CC2)cs1. The second kappa shape index (κ2) is 8.00. The van der Waals surface area contributed by atoms with Crippen LogP contribution in [-0.2, 0) is 10.5 Å². The van der Waals surface area contributed by atoms with Crippen molar-refractivity contribution >= 4 is 29.0 Å². The average Bonchev–Trinajstić information content (AvgIpc) is 2.84. The lowest BCUT2D eigenvalue weighted by Crippen LogP contribution is -2.33. The molecule has 112 valence electrons. The number of nitrogens with zero attached hydrogens (tertiary/aromatic N) is 1. The highest BCUT2D eigenvalue weighted by molar-refractivity contribution is 7.99. The average molecular weight is 314 g/mol. The molecule has 0 atom stereocenters. The molecule has 4 nitrogen and oxygen atoms in total. The second-order valence-electron chi connectivity index (χ2n) is 5.33. The van der Waals surface area contributed by atoms with Gasteiger partial charge in [-0.15, -0.1) is 23.1 Å². The van der Waals surface area contributed by atoms with E-state index < -0.39 is 0 Å². The molecule has 1 aromatic rings. The molecule has 0 unspecified atom stereocenters. The minimum absolute atomic E-state index is 0.105. The number of aryl methyl sites for hydroxylation is 1. The summed E-state index contributed by atoms with van der Waals surface area (Å²) in [6.07, 6.45) is 3.66. The Bertz CT molecular complexity index is 429. The molecule has 1 heterocycles. The Kier molecular flexibility index (Phi) is 6.32. The number of aromatic nitrogens is 1. The van der Waals surface area contributed by atoms with Gasteiger partial charge in [0.1, 0.15) is 0 Å². The molecule has 0 spiro atoms. The van der Waals surface area contributed by atoms with Crippen LogP contribution in [0.4, 0.5) is 0 Å². The van der Waals surface area contributed by atoms with Crippen LogP contribution >= 0.6 is 23.1 Å². The Hall–Kier alpha value is -0.590. The molecule has 1 aromatic heterocycles. The van der Waals surface area contributed by atoms with E-state index in [0.717, 1.165) is 48.7 Å². The maximum absolute atomic E-state index is 11.7. The zero-order valence-corrected chi connectivity index (χ0v) is 13.4. The number of rotatable bonds is 6. The summed E-state index contributed by atoms with van der Waals surface area (Å²) in [6.45, 7) is 2.74. The van der Waals surface area contributed by atoms with Crippen LogP contribution in [0.5, 0.6) is 0 Å². The first-order valence-electron chi connectivity index (χ1n) is 7.07. The molecule has 1 aliphatic rings. The van der Waals surface area contributed by atoms with Crippen molar-refractivity contribution in [3.8, 4) is 0 Å². The minimum Gasteiger partial charge on any atom is -0.393 e. The maximum Gasteiger partial charge on any atom is 0.230 e. The molecule has 6 heteroatoms. The van der Waals surface area contributed by atoms with Crippen LogP contribution in [0.2, 0.25) is 0 Å². The molecule has 0 saturated heterocycles. The standard InChI is InChI=1S/C14H22N2O2S2/c1-10-16-12(8-20-10)7-19-9-14(18)15-6-11-2-4-13(17)5-3-11/h8,11,13,17H,2-7,9H2,1H3,(H,15,18). The summed E-state index contributed by atoms with van der Waals surface area (Å²) >= 11 is 3.25. The third-order valence-corrected chi connectivity index (χ3v) is 5.34. The highest BCUT2D eigenvalue weighted by Crippen LogP contribution is 2.23. The highest BCUT2D eigenvalue weighted by atomic mass is 32.2. The van der Waals surface area contributed by atoms with Gasteiger partial charge in [0.2, 0.25) is 5.91 Å². The fraction of sp³-hybridized carbons (Fsp3) is 0.714. The van der Waals surface area contributed by atoms with E-state index in [-0.39, 0.29) is 12.0 Å². The highest BCUT2D eigenvalue weighted by Gasteiger charge is 2.19. The van der Waals surface area contributed by atoms with Crippen LogP contribution in [0.3, 0.4) is 0 Å². The van der Waals surface area contributed by atoms with Crippen molar-refractivity contribution in [1.82, 2.24) is 10.3 Å². The molecule has 20 heavy (non-hydrogen) atoms. The van der Waals surface area contributed by atoms with Crippen molar-refractivity contribution in [2.24, 2.45) is 5.92 Å². The number of carbonyl (C=O) groups excluding carboxylic acids is 1. The van der Waals surface area contributed by atoms with Gasteiger partial charge in [-0.05, 0) is 38.5 Å². The number of aliphatic hydroxyl groups is 1. The minimum atomic E-state index is -0.126. The van der Waals surface area contributed by atoms with Gasteiger partial charge >= 0.3 is 0 Å². The van der Waals surface area contributed by atoms with Crippen molar-refractivity contribution in [2.45, 2.75) is 44.5 Å². The van der Waals surface area contributed by atoms with Crippen LogP contribution in [0, 0.1) is 12.8 Å². The third kappa shape index (κ3) is 5.42. The van der Waals surface area contributed by atoms with Crippen molar-refractivity contribution in [3.63, 3.8) is 0 Å². The molecule has 2 N–H and O–H groups in total. The lowest BCUT2D eigenvalue weighted by atomic mass is 9.87. The first-order chi connectivity index (χ1) is 9.63. The van der Waals surface area contributed by atoms with Gasteiger partial charge in [0.15, 0.2) is 0 Å². The van der Waals surface area contributed by atoms with Gasteiger partial charge in [-0.3, -0.25) is 4.79 Å². The van der Waals surface area contributed by atoms with Gasteiger partial charge in [-0.2, -0.15) is 0 Å². The quantitative estimate of drug-likeness (QED) is 0.846. The molecule has 1 aliphatic carbocycles. The Balaban J connectivity index is 1.56. The normalized spacial score (nSPS) is 22.7. The van der Waals surface area contributed by atoms with E-state index in [2.05, 4.69) is 10.3 Å². The Labute approximate surface area is 128 Å². The van der Waals surface area contributed by atoms with Gasteiger partial charge in [-0.25, -0.2) is 4.98 Å². The number of thiazole rings is 1. The molecule has 0 aromatic carbocycles. The Morgan fingerprint density at radius 1 is 1.50 bits per heavy atom. The number of amides is 1. The molecule has 0 radical (unpaired) electrons. The predicted octanol–water partition coefficient (Wildman–Crippen LogP) is 2.35. The van der Waals surface area contributed by atoms with Crippen LogP contribution < -0.4 is 5.32 Å². The lowest BCUT2D eigenvalue weighted by Gasteiger charge is -2.25.